The van der Waals surface area contributed by atoms with Gasteiger partial charge in [-0.1, -0.05) is 17.4 Å². The molecule has 0 saturated heterocycles. The topological polar surface area (TPSA) is 77.0 Å². The van der Waals surface area contributed by atoms with E-state index in [0.29, 0.717) is 33.6 Å². The van der Waals surface area contributed by atoms with Gasteiger partial charge in [-0.25, -0.2) is 4.39 Å². The SMILES string of the molecule is O=C(Nc1nnc(-c2ccccn2)s1)[C@H]1Cc2cc(F)ccc2O1. The van der Waals surface area contributed by atoms with Gasteiger partial charge in [0.05, 0.1) is 0 Å². The molecule has 3 aromatic rings. The number of halogens is 1. The third kappa shape index (κ3) is 2.83. The van der Waals surface area contributed by atoms with E-state index in [-0.39, 0.29) is 11.7 Å². The molecule has 6 nitrogen and oxygen atoms in total. The van der Waals surface area contributed by atoms with Crippen molar-refractivity contribution in [3.8, 4) is 16.5 Å². The second-order valence-corrected chi connectivity index (χ2v) is 6.16. The van der Waals surface area contributed by atoms with Crippen molar-refractivity contribution in [3.05, 3.63) is 54.0 Å². The molecule has 1 N–H and O–H groups in total. The largest absolute Gasteiger partial charge is 0.480 e. The second-order valence-electron chi connectivity index (χ2n) is 5.18. The fourth-order valence-corrected chi connectivity index (χ4v) is 3.14. The van der Waals surface area contributed by atoms with Crippen molar-refractivity contribution in [1.29, 1.82) is 0 Å². The average Bonchev–Trinajstić information content (AvgIpc) is 3.22. The van der Waals surface area contributed by atoms with Crippen molar-refractivity contribution in [3.63, 3.8) is 0 Å². The monoisotopic (exact) mass is 342 g/mol. The van der Waals surface area contributed by atoms with E-state index in [1.807, 2.05) is 18.2 Å². The molecule has 1 aliphatic rings. The van der Waals surface area contributed by atoms with E-state index in [2.05, 4.69) is 20.5 Å². The molecular weight excluding hydrogens is 331 g/mol. The smallest absolute Gasteiger partial charge is 0.267 e. The Morgan fingerprint density at radius 1 is 1.29 bits per heavy atom. The van der Waals surface area contributed by atoms with Crippen LogP contribution in [0.25, 0.3) is 10.7 Å². The molecule has 0 bridgehead atoms. The van der Waals surface area contributed by atoms with E-state index in [4.69, 9.17) is 4.74 Å². The van der Waals surface area contributed by atoms with Gasteiger partial charge in [-0.2, -0.15) is 0 Å². The van der Waals surface area contributed by atoms with Crippen LogP contribution in [0.4, 0.5) is 9.52 Å². The molecule has 8 heteroatoms. The molecule has 0 radical (unpaired) electrons. The van der Waals surface area contributed by atoms with Crippen LogP contribution >= 0.6 is 11.3 Å². The van der Waals surface area contributed by atoms with Gasteiger partial charge in [0.15, 0.2) is 11.1 Å². The highest BCUT2D eigenvalue weighted by molar-refractivity contribution is 7.18. The summed E-state index contributed by atoms with van der Waals surface area (Å²) in [5.74, 6) is -0.152. The quantitative estimate of drug-likeness (QED) is 0.792. The average molecular weight is 342 g/mol. The summed E-state index contributed by atoms with van der Waals surface area (Å²) >= 11 is 1.23. The van der Waals surface area contributed by atoms with Crippen molar-refractivity contribution in [2.45, 2.75) is 12.5 Å². The Morgan fingerprint density at radius 3 is 3.04 bits per heavy atom. The zero-order valence-corrected chi connectivity index (χ0v) is 13.1. The first-order valence-electron chi connectivity index (χ1n) is 7.20. The Labute approximate surface area is 140 Å². The van der Waals surface area contributed by atoms with Crippen LogP contribution in [0.15, 0.2) is 42.6 Å². The molecule has 1 aromatic carbocycles. The molecule has 1 atom stereocenters. The lowest BCUT2D eigenvalue weighted by atomic mass is 10.1. The first-order valence-corrected chi connectivity index (χ1v) is 8.01. The van der Waals surface area contributed by atoms with Gasteiger partial charge in [-0.3, -0.25) is 15.1 Å². The minimum absolute atomic E-state index is 0.324. The Bertz CT molecular complexity index is 900. The molecule has 0 aliphatic carbocycles. The molecule has 1 amide bonds. The molecule has 24 heavy (non-hydrogen) atoms. The summed E-state index contributed by atoms with van der Waals surface area (Å²) in [5, 5.41) is 11.6. The van der Waals surface area contributed by atoms with Gasteiger partial charge in [-0.05, 0) is 30.3 Å². The number of carbonyl (C=O) groups is 1. The molecule has 0 spiro atoms. The van der Waals surface area contributed by atoms with Gasteiger partial charge < -0.3 is 4.74 Å². The maximum Gasteiger partial charge on any atom is 0.267 e. The number of hydrogen-bond acceptors (Lipinski definition) is 6. The van der Waals surface area contributed by atoms with E-state index in [9.17, 15) is 9.18 Å². The first kappa shape index (κ1) is 14.7. The zero-order chi connectivity index (χ0) is 16.5. The number of pyridine rings is 1. The minimum Gasteiger partial charge on any atom is -0.480 e. The van der Waals surface area contributed by atoms with Gasteiger partial charge in [0.25, 0.3) is 5.91 Å². The van der Waals surface area contributed by atoms with E-state index in [1.165, 1.54) is 29.5 Å². The second kappa shape index (κ2) is 5.97. The van der Waals surface area contributed by atoms with Crippen molar-refractivity contribution in [2.75, 3.05) is 5.32 Å². The van der Waals surface area contributed by atoms with Crippen LogP contribution in [-0.2, 0) is 11.2 Å². The van der Waals surface area contributed by atoms with Crippen molar-refractivity contribution in [2.24, 2.45) is 0 Å². The highest BCUT2D eigenvalue weighted by Gasteiger charge is 2.30. The lowest BCUT2D eigenvalue weighted by molar-refractivity contribution is -0.122. The fraction of sp³-hybridized carbons (Fsp3) is 0.125. The molecular formula is C16H11FN4O2S. The fourth-order valence-electron chi connectivity index (χ4n) is 2.42. The summed E-state index contributed by atoms with van der Waals surface area (Å²) in [4.78, 5) is 16.5. The molecule has 0 unspecified atom stereocenters. The summed E-state index contributed by atoms with van der Waals surface area (Å²) in [6.07, 6.45) is 1.28. The predicted molar refractivity (Wildman–Crippen MR) is 86.3 cm³/mol. The van der Waals surface area contributed by atoms with Gasteiger partial charge in [-0.15, -0.1) is 10.2 Å². The predicted octanol–water partition coefficient (Wildman–Crippen LogP) is 2.68. The summed E-state index contributed by atoms with van der Waals surface area (Å²) in [6, 6.07) is 9.70. The number of hydrogen-bond donors (Lipinski definition) is 1. The number of benzene rings is 1. The molecule has 2 aromatic heterocycles. The number of anilines is 1. The molecule has 0 saturated carbocycles. The Hall–Kier alpha value is -2.87. The molecule has 120 valence electrons. The van der Waals surface area contributed by atoms with Gasteiger partial charge in [0, 0.05) is 18.2 Å². The van der Waals surface area contributed by atoms with Crippen molar-refractivity contribution >= 4 is 22.4 Å². The number of aromatic nitrogens is 3. The molecule has 3 heterocycles. The van der Waals surface area contributed by atoms with Gasteiger partial charge in [0.1, 0.15) is 17.3 Å². The van der Waals surface area contributed by atoms with Crippen molar-refractivity contribution < 1.29 is 13.9 Å². The zero-order valence-electron chi connectivity index (χ0n) is 12.3. The van der Waals surface area contributed by atoms with E-state index >= 15 is 0 Å². The number of fused-ring (bicyclic) bond motifs is 1. The molecule has 0 fully saturated rings. The number of amides is 1. The lowest BCUT2D eigenvalue weighted by Crippen LogP contribution is -2.31. The molecule has 4 rings (SSSR count). The highest BCUT2D eigenvalue weighted by atomic mass is 32.1. The van der Waals surface area contributed by atoms with Crippen LogP contribution < -0.4 is 10.1 Å². The van der Waals surface area contributed by atoms with E-state index in [1.54, 1.807) is 6.20 Å². The standard InChI is InChI=1S/C16H11FN4O2S/c17-10-4-5-12-9(7-10)8-13(23-12)14(22)19-16-21-20-15(24-16)11-3-1-2-6-18-11/h1-7,13H,8H2,(H,19,21,22)/t13-/m1/s1. The van der Waals surface area contributed by atoms with Crippen LogP contribution in [0.1, 0.15) is 5.56 Å². The highest BCUT2D eigenvalue weighted by Crippen LogP contribution is 2.30. The Kier molecular flexibility index (Phi) is 3.66. The summed E-state index contributed by atoms with van der Waals surface area (Å²) < 4.78 is 18.8. The third-order valence-electron chi connectivity index (χ3n) is 3.53. The minimum atomic E-state index is -0.705. The van der Waals surface area contributed by atoms with Crippen molar-refractivity contribution in [1.82, 2.24) is 15.2 Å². The van der Waals surface area contributed by atoms with Crippen LogP contribution in [0.3, 0.4) is 0 Å². The van der Waals surface area contributed by atoms with E-state index in [0.717, 1.165) is 0 Å². The third-order valence-corrected chi connectivity index (χ3v) is 4.39. The summed E-state index contributed by atoms with van der Waals surface area (Å²) in [7, 11) is 0. The summed E-state index contributed by atoms with van der Waals surface area (Å²) in [6.45, 7) is 0. The number of carbonyl (C=O) groups excluding carboxylic acids is 1. The Balaban J connectivity index is 1.45. The summed E-state index contributed by atoms with van der Waals surface area (Å²) in [5.41, 5.74) is 1.37. The number of ether oxygens (including phenoxy) is 1. The number of rotatable bonds is 3. The maximum atomic E-state index is 13.2. The number of nitrogens with one attached hydrogen (secondary N) is 1. The number of nitrogens with zero attached hydrogens (tertiary/aromatic N) is 3. The van der Waals surface area contributed by atoms with E-state index < -0.39 is 6.10 Å². The van der Waals surface area contributed by atoms with Gasteiger partial charge in [0.2, 0.25) is 5.13 Å². The maximum absolute atomic E-state index is 13.2. The van der Waals surface area contributed by atoms with Crippen LogP contribution in [-0.4, -0.2) is 27.2 Å². The van der Waals surface area contributed by atoms with Gasteiger partial charge >= 0.3 is 0 Å². The molecule has 1 aliphatic heterocycles. The Morgan fingerprint density at radius 2 is 2.21 bits per heavy atom. The van der Waals surface area contributed by atoms with Crippen LogP contribution in [0, 0.1) is 5.82 Å². The van der Waals surface area contributed by atoms with Crippen LogP contribution in [0.2, 0.25) is 0 Å². The van der Waals surface area contributed by atoms with Crippen LogP contribution in [0.5, 0.6) is 5.75 Å². The lowest BCUT2D eigenvalue weighted by Gasteiger charge is -2.08. The normalized spacial score (nSPS) is 15.6. The first-order chi connectivity index (χ1) is 11.7.